The molecule has 0 amide bonds. The summed E-state index contributed by atoms with van der Waals surface area (Å²) < 4.78 is 13.6. The third-order valence-electron chi connectivity index (χ3n) is 3.71. The van der Waals surface area contributed by atoms with Crippen LogP contribution in [0.1, 0.15) is 39.0 Å². The first kappa shape index (κ1) is 12.9. The van der Waals surface area contributed by atoms with E-state index in [0.717, 1.165) is 11.6 Å². The van der Waals surface area contributed by atoms with Gasteiger partial charge in [-0.3, -0.25) is 0 Å². The molecule has 0 unspecified atom stereocenters. The largest absolute Gasteiger partial charge is 0.382 e. The van der Waals surface area contributed by atoms with Crippen molar-refractivity contribution in [1.82, 2.24) is 0 Å². The van der Waals surface area contributed by atoms with Gasteiger partial charge in [-0.2, -0.15) is 0 Å². The number of anilines is 1. The molecule has 0 radical (unpaired) electrons. The summed E-state index contributed by atoms with van der Waals surface area (Å²) >= 11 is 3.22. The van der Waals surface area contributed by atoms with Crippen molar-refractivity contribution in [2.75, 3.05) is 5.32 Å². The van der Waals surface area contributed by atoms with Gasteiger partial charge in [-0.1, -0.05) is 13.3 Å². The third-order valence-corrected chi connectivity index (χ3v) is 4.32. The molecule has 3 heteroatoms. The number of hydrogen-bond acceptors (Lipinski definition) is 1. The summed E-state index contributed by atoms with van der Waals surface area (Å²) in [6, 6.07) is 5.69. The molecule has 0 atom stereocenters. The van der Waals surface area contributed by atoms with Crippen molar-refractivity contribution >= 4 is 21.6 Å². The van der Waals surface area contributed by atoms with Gasteiger partial charge in [0, 0.05) is 11.7 Å². The van der Waals surface area contributed by atoms with Gasteiger partial charge in [-0.15, -0.1) is 0 Å². The summed E-state index contributed by atoms with van der Waals surface area (Å²) in [5.41, 5.74) is 1.01. The van der Waals surface area contributed by atoms with Crippen LogP contribution in [0, 0.1) is 11.7 Å². The van der Waals surface area contributed by atoms with E-state index in [9.17, 15) is 4.39 Å². The lowest BCUT2D eigenvalue weighted by atomic mass is 9.84. The van der Waals surface area contributed by atoms with Gasteiger partial charge in [0.2, 0.25) is 0 Å². The maximum atomic E-state index is 13.1. The Labute approximate surface area is 111 Å². The molecular weight excluding hydrogens is 281 g/mol. The van der Waals surface area contributed by atoms with E-state index < -0.39 is 0 Å². The lowest BCUT2D eigenvalue weighted by Gasteiger charge is -2.29. The van der Waals surface area contributed by atoms with Crippen LogP contribution in [0.25, 0.3) is 0 Å². The molecule has 1 saturated carbocycles. The Bertz CT molecular complexity index is 372. The van der Waals surface area contributed by atoms with Gasteiger partial charge in [0.05, 0.1) is 4.47 Å². The zero-order valence-corrected chi connectivity index (χ0v) is 11.8. The molecule has 0 saturated heterocycles. The van der Waals surface area contributed by atoms with Crippen molar-refractivity contribution < 1.29 is 4.39 Å². The lowest BCUT2D eigenvalue weighted by molar-refractivity contribution is 0.330. The highest BCUT2D eigenvalue weighted by molar-refractivity contribution is 9.10. The molecule has 1 N–H and O–H groups in total. The van der Waals surface area contributed by atoms with E-state index >= 15 is 0 Å². The van der Waals surface area contributed by atoms with E-state index in [1.807, 2.05) is 12.1 Å². The Morgan fingerprint density at radius 1 is 1.29 bits per heavy atom. The zero-order valence-electron chi connectivity index (χ0n) is 10.2. The number of hydrogen-bond donors (Lipinski definition) is 1. The van der Waals surface area contributed by atoms with Crippen molar-refractivity contribution in [1.29, 1.82) is 0 Å². The highest BCUT2D eigenvalue weighted by Gasteiger charge is 2.19. The SMILES string of the molecule is CCC1CCC(Nc2ccc(F)c(Br)c2)CC1. The molecule has 0 spiro atoms. The molecule has 1 fully saturated rings. The van der Waals surface area contributed by atoms with Crippen molar-refractivity contribution in [2.24, 2.45) is 5.92 Å². The van der Waals surface area contributed by atoms with Crippen molar-refractivity contribution in [3.05, 3.63) is 28.5 Å². The van der Waals surface area contributed by atoms with Gasteiger partial charge >= 0.3 is 0 Å². The minimum Gasteiger partial charge on any atom is -0.382 e. The molecule has 17 heavy (non-hydrogen) atoms. The molecule has 1 aromatic carbocycles. The molecule has 0 heterocycles. The van der Waals surface area contributed by atoms with Crippen LogP contribution in [-0.4, -0.2) is 6.04 Å². The summed E-state index contributed by atoms with van der Waals surface area (Å²) in [5.74, 6) is 0.707. The second kappa shape index (κ2) is 5.85. The zero-order chi connectivity index (χ0) is 12.3. The Balaban J connectivity index is 1.91. The second-order valence-corrected chi connectivity index (χ2v) is 5.75. The molecule has 1 aliphatic rings. The second-order valence-electron chi connectivity index (χ2n) is 4.90. The first-order valence-electron chi connectivity index (χ1n) is 6.40. The minimum atomic E-state index is -0.203. The number of rotatable bonds is 3. The quantitative estimate of drug-likeness (QED) is 0.831. The summed E-state index contributed by atoms with van der Waals surface area (Å²) in [5, 5.41) is 3.50. The van der Waals surface area contributed by atoms with E-state index in [1.54, 1.807) is 0 Å². The maximum absolute atomic E-state index is 13.1. The fourth-order valence-corrected chi connectivity index (χ4v) is 2.92. The molecule has 0 aliphatic heterocycles. The normalized spacial score (nSPS) is 24.6. The number of benzene rings is 1. The smallest absolute Gasteiger partial charge is 0.137 e. The summed E-state index contributed by atoms with van der Waals surface area (Å²) in [7, 11) is 0. The molecule has 0 aromatic heterocycles. The maximum Gasteiger partial charge on any atom is 0.137 e. The van der Waals surface area contributed by atoms with Gasteiger partial charge < -0.3 is 5.32 Å². The molecule has 1 aromatic rings. The van der Waals surface area contributed by atoms with Crippen LogP contribution in [0.4, 0.5) is 10.1 Å². The predicted octanol–water partition coefficient (Wildman–Crippen LogP) is 4.97. The van der Waals surface area contributed by atoms with Gasteiger partial charge in [0.1, 0.15) is 5.82 Å². The number of halogens is 2. The molecule has 2 rings (SSSR count). The fraction of sp³-hybridized carbons (Fsp3) is 0.571. The first-order valence-corrected chi connectivity index (χ1v) is 7.20. The standard InChI is InChI=1S/C14H19BrFN/c1-2-10-3-5-11(6-4-10)17-12-7-8-14(16)13(15)9-12/h7-11,17H,2-6H2,1H3. The van der Waals surface area contributed by atoms with Crippen LogP contribution >= 0.6 is 15.9 Å². The number of nitrogens with one attached hydrogen (secondary N) is 1. The summed E-state index contributed by atoms with van der Waals surface area (Å²) in [4.78, 5) is 0. The monoisotopic (exact) mass is 299 g/mol. The highest BCUT2D eigenvalue weighted by atomic mass is 79.9. The van der Waals surface area contributed by atoms with E-state index in [0.29, 0.717) is 10.5 Å². The van der Waals surface area contributed by atoms with Gasteiger partial charge in [-0.25, -0.2) is 4.39 Å². The van der Waals surface area contributed by atoms with Crippen molar-refractivity contribution in [3.63, 3.8) is 0 Å². The average molecular weight is 300 g/mol. The van der Waals surface area contributed by atoms with E-state index in [4.69, 9.17) is 0 Å². The Morgan fingerprint density at radius 2 is 2.00 bits per heavy atom. The third kappa shape index (κ3) is 3.44. The van der Waals surface area contributed by atoms with Gasteiger partial charge in [0.15, 0.2) is 0 Å². The topological polar surface area (TPSA) is 12.0 Å². The van der Waals surface area contributed by atoms with Gasteiger partial charge in [-0.05, 0) is 65.7 Å². The lowest BCUT2D eigenvalue weighted by Crippen LogP contribution is -2.25. The fourth-order valence-electron chi connectivity index (χ4n) is 2.54. The van der Waals surface area contributed by atoms with Crippen LogP contribution < -0.4 is 5.32 Å². The van der Waals surface area contributed by atoms with Crippen molar-refractivity contribution in [2.45, 2.75) is 45.1 Å². The average Bonchev–Trinajstić information content (AvgIpc) is 2.35. The van der Waals surface area contributed by atoms with Crippen LogP contribution in [0.5, 0.6) is 0 Å². The Hall–Kier alpha value is -0.570. The molecule has 94 valence electrons. The van der Waals surface area contributed by atoms with E-state index in [2.05, 4.69) is 28.2 Å². The predicted molar refractivity (Wildman–Crippen MR) is 73.8 cm³/mol. The van der Waals surface area contributed by atoms with Crippen LogP contribution in [-0.2, 0) is 0 Å². The molecular formula is C14H19BrFN. The van der Waals surface area contributed by atoms with Crippen LogP contribution in [0.2, 0.25) is 0 Å². The van der Waals surface area contributed by atoms with E-state index in [-0.39, 0.29) is 5.82 Å². The summed E-state index contributed by atoms with van der Waals surface area (Å²) in [6.07, 6.45) is 6.39. The first-order chi connectivity index (χ1) is 8.19. The molecule has 1 aliphatic carbocycles. The van der Waals surface area contributed by atoms with E-state index in [1.165, 1.54) is 38.2 Å². The van der Waals surface area contributed by atoms with Crippen LogP contribution in [0.15, 0.2) is 22.7 Å². The van der Waals surface area contributed by atoms with Crippen LogP contribution in [0.3, 0.4) is 0 Å². The van der Waals surface area contributed by atoms with Gasteiger partial charge in [0.25, 0.3) is 0 Å². The molecule has 1 nitrogen and oxygen atoms in total. The Kier molecular flexibility index (Phi) is 4.43. The minimum absolute atomic E-state index is 0.203. The summed E-state index contributed by atoms with van der Waals surface area (Å²) in [6.45, 7) is 2.27. The van der Waals surface area contributed by atoms with Crippen molar-refractivity contribution in [3.8, 4) is 0 Å². The highest BCUT2D eigenvalue weighted by Crippen LogP contribution is 2.29. The molecule has 0 bridgehead atoms. The Morgan fingerprint density at radius 3 is 2.59 bits per heavy atom.